The molecule has 144 valence electrons. The summed E-state index contributed by atoms with van der Waals surface area (Å²) in [4.78, 5) is 25.3. The van der Waals surface area contributed by atoms with E-state index in [1.54, 1.807) is 6.33 Å². The van der Waals surface area contributed by atoms with E-state index in [4.69, 9.17) is 4.74 Å². The molecule has 0 saturated heterocycles. The van der Waals surface area contributed by atoms with E-state index in [2.05, 4.69) is 29.9 Å². The molecule has 0 radical (unpaired) electrons. The molecule has 1 unspecified atom stereocenters. The third-order valence-electron chi connectivity index (χ3n) is 5.17. The zero-order chi connectivity index (χ0) is 19.4. The van der Waals surface area contributed by atoms with Gasteiger partial charge in [-0.3, -0.25) is 4.79 Å². The van der Waals surface area contributed by atoms with Gasteiger partial charge in [0.25, 0.3) is 5.91 Å². The number of rotatable bonds is 6. The van der Waals surface area contributed by atoms with E-state index in [1.165, 1.54) is 0 Å². The minimum Gasteiger partial charge on any atom is -0.483 e. The second kappa shape index (κ2) is 8.37. The Hall–Kier alpha value is -2.63. The third kappa shape index (κ3) is 4.21. The van der Waals surface area contributed by atoms with Gasteiger partial charge < -0.3 is 14.5 Å². The first kappa shape index (κ1) is 19.1. The van der Waals surface area contributed by atoms with Gasteiger partial charge in [-0.05, 0) is 30.4 Å². The Morgan fingerprint density at radius 1 is 1.30 bits per heavy atom. The van der Waals surface area contributed by atoms with Gasteiger partial charge in [0, 0.05) is 26.2 Å². The van der Waals surface area contributed by atoms with Crippen molar-refractivity contribution in [1.82, 2.24) is 14.9 Å². The third-order valence-corrected chi connectivity index (χ3v) is 5.17. The number of aromatic nitrogens is 2. The van der Waals surface area contributed by atoms with Crippen molar-refractivity contribution >= 4 is 11.7 Å². The molecule has 0 bridgehead atoms. The number of fused-ring (bicyclic) bond motifs is 1. The first-order chi connectivity index (χ1) is 13.0. The summed E-state index contributed by atoms with van der Waals surface area (Å²) in [7, 11) is 3.95. The summed E-state index contributed by atoms with van der Waals surface area (Å²) in [5.41, 5.74) is 3.21. The van der Waals surface area contributed by atoms with Gasteiger partial charge in [0.1, 0.15) is 17.9 Å². The smallest absolute Gasteiger partial charge is 0.260 e. The van der Waals surface area contributed by atoms with Crippen LogP contribution in [0.25, 0.3) is 0 Å². The maximum atomic E-state index is 12.7. The zero-order valence-corrected chi connectivity index (χ0v) is 16.6. The SMILES string of the molecule is CCC(C)c1ccccc1OCC(=O)N1CCc2c(ncnc2N(C)C)C1. The van der Waals surface area contributed by atoms with Gasteiger partial charge in [-0.25, -0.2) is 9.97 Å². The maximum absolute atomic E-state index is 12.7. The fourth-order valence-corrected chi connectivity index (χ4v) is 3.41. The molecule has 0 aliphatic carbocycles. The molecular formula is C21H28N4O2. The Bertz CT molecular complexity index is 807. The molecule has 27 heavy (non-hydrogen) atoms. The predicted molar refractivity (Wildman–Crippen MR) is 106 cm³/mol. The van der Waals surface area contributed by atoms with Crippen LogP contribution in [0.4, 0.5) is 5.82 Å². The molecule has 0 fully saturated rings. The minimum atomic E-state index is -0.00961. The Kier molecular flexibility index (Phi) is 5.94. The van der Waals surface area contributed by atoms with Crippen LogP contribution in [0.2, 0.25) is 0 Å². The average Bonchev–Trinajstić information content (AvgIpc) is 2.70. The standard InChI is InChI=1S/C21H28N4O2/c1-5-15(2)16-8-6-7-9-19(16)27-13-20(26)25-11-10-17-18(12-25)22-14-23-21(17)24(3)4/h6-9,14-15H,5,10-13H2,1-4H3. The highest BCUT2D eigenvalue weighted by Crippen LogP contribution is 2.29. The minimum absolute atomic E-state index is 0.00961. The van der Waals surface area contributed by atoms with E-state index in [0.717, 1.165) is 41.2 Å². The first-order valence-electron chi connectivity index (χ1n) is 9.50. The van der Waals surface area contributed by atoms with Crippen LogP contribution >= 0.6 is 0 Å². The molecule has 1 atom stereocenters. The first-order valence-corrected chi connectivity index (χ1v) is 9.50. The number of hydrogen-bond donors (Lipinski definition) is 0. The van der Waals surface area contributed by atoms with Crippen molar-refractivity contribution in [3.8, 4) is 5.75 Å². The van der Waals surface area contributed by atoms with Crippen LogP contribution in [0, 0.1) is 0 Å². The second-order valence-corrected chi connectivity index (χ2v) is 7.22. The van der Waals surface area contributed by atoms with E-state index in [0.29, 0.717) is 19.0 Å². The van der Waals surface area contributed by atoms with Crippen molar-refractivity contribution in [2.24, 2.45) is 0 Å². The van der Waals surface area contributed by atoms with E-state index in [9.17, 15) is 4.79 Å². The van der Waals surface area contributed by atoms with Crippen LogP contribution in [-0.2, 0) is 17.8 Å². The lowest BCUT2D eigenvalue weighted by Gasteiger charge is -2.30. The highest BCUT2D eigenvalue weighted by molar-refractivity contribution is 5.78. The molecule has 1 aliphatic rings. The van der Waals surface area contributed by atoms with E-state index >= 15 is 0 Å². The molecule has 3 rings (SSSR count). The molecule has 1 aliphatic heterocycles. The van der Waals surface area contributed by atoms with Crippen molar-refractivity contribution in [3.05, 3.63) is 47.4 Å². The Morgan fingerprint density at radius 2 is 2.07 bits per heavy atom. The van der Waals surface area contributed by atoms with E-state index in [1.807, 2.05) is 42.1 Å². The second-order valence-electron chi connectivity index (χ2n) is 7.22. The lowest BCUT2D eigenvalue weighted by atomic mass is 9.98. The fraction of sp³-hybridized carbons (Fsp3) is 0.476. The highest BCUT2D eigenvalue weighted by Gasteiger charge is 2.25. The summed E-state index contributed by atoms with van der Waals surface area (Å²) in [5.74, 6) is 2.13. The van der Waals surface area contributed by atoms with Crippen molar-refractivity contribution in [3.63, 3.8) is 0 Å². The Balaban J connectivity index is 1.66. The van der Waals surface area contributed by atoms with Crippen molar-refractivity contribution in [2.75, 3.05) is 32.1 Å². The van der Waals surface area contributed by atoms with Gasteiger partial charge in [0.15, 0.2) is 6.61 Å². The molecule has 2 aromatic rings. The molecule has 2 heterocycles. The van der Waals surface area contributed by atoms with Crippen molar-refractivity contribution in [2.45, 2.75) is 39.2 Å². The van der Waals surface area contributed by atoms with Crippen LogP contribution in [-0.4, -0.2) is 48.0 Å². The molecule has 1 aromatic heterocycles. The van der Waals surface area contributed by atoms with Crippen LogP contribution in [0.15, 0.2) is 30.6 Å². The number of carbonyl (C=O) groups is 1. The van der Waals surface area contributed by atoms with Crippen LogP contribution in [0.3, 0.4) is 0 Å². The summed E-state index contributed by atoms with van der Waals surface area (Å²) >= 11 is 0. The quantitative estimate of drug-likeness (QED) is 0.784. The topological polar surface area (TPSA) is 58.6 Å². The van der Waals surface area contributed by atoms with Crippen molar-refractivity contribution in [1.29, 1.82) is 0 Å². The van der Waals surface area contributed by atoms with Crippen LogP contribution in [0.1, 0.15) is 43.0 Å². The molecule has 0 spiro atoms. The number of benzene rings is 1. The summed E-state index contributed by atoms with van der Waals surface area (Å²) in [6.07, 6.45) is 3.37. The Morgan fingerprint density at radius 3 is 2.81 bits per heavy atom. The monoisotopic (exact) mass is 368 g/mol. The zero-order valence-electron chi connectivity index (χ0n) is 16.6. The number of carbonyl (C=O) groups excluding carboxylic acids is 1. The maximum Gasteiger partial charge on any atom is 0.260 e. The number of ether oxygens (including phenoxy) is 1. The molecule has 0 saturated carbocycles. The predicted octanol–water partition coefficient (Wildman–Crippen LogP) is 3.02. The molecule has 1 amide bonds. The average molecular weight is 368 g/mol. The number of anilines is 1. The largest absolute Gasteiger partial charge is 0.483 e. The molecule has 0 N–H and O–H groups in total. The van der Waals surface area contributed by atoms with Gasteiger partial charge >= 0.3 is 0 Å². The van der Waals surface area contributed by atoms with Gasteiger partial charge in [-0.2, -0.15) is 0 Å². The molecule has 6 heteroatoms. The Labute approximate surface area is 161 Å². The lowest BCUT2D eigenvalue weighted by Crippen LogP contribution is -2.39. The van der Waals surface area contributed by atoms with Gasteiger partial charge in [-0.1, -0.05) is 32.0 Å². The highest BCUT2D eigenvalue weighted by atomic mass is 16.5. The van der Waals surface area contributed by atoms with Crippen LogP contribution < -0.4 is 9.64 Å². The van der Waals surface area contributed by atoms with Crippen molar-refractivity contribution < 1.29 is 9.53 Å². The summed E-state index contributed by atoms with van der Waals surface area (Å²) in [6, 6.07) is 7.98. The van der Waals surface area contributed by atoms with E-state index < -0.39 is 0 Å². The molecular weight excluding hydrogens is 340 g/mol. The fourth-order valence-electron chi connectivity index (χ4n) is 3.41. The summed E-state index contributed by atoms with van der Waals surface area (Å²) < 4.78 is 5.89. The van der Waals surface area contributed by atoms with E-state index in [-0.39, 0.29) is 12.5 Å². The van der Waals surface area contributed by atoms with Gasteiger partial charge in [0.2, 0.25) is 0 Å². The molecule has 1 aromatic carbocycles. The van der Waals surface area contributed by atoms with Gasteiger partial charge in [0.05, 0.1) is 12.2 Å². The number of amides is 1. The lowest BCUT2D eigenvalue weighted by molar-refractivity contribution is -0.134. The number of hydrogen-bond acceptors (Lipinski definition) is 5. The number of para-hydroxylation sites is 1. The normalized spacial score (nSPS) is 14.4. The molecule has 6 nitrogen and oxygen atoms in total. The number of nitrogens with zero attached hydrogens (tertiary/aromatic N) is 4. The summed E-state index contributed by atoms with van der Waals surface area (Å²) in [6.45, 7) is 5.55. The van der Waals surface area contributed by atoms with Gasteiger partial charge in [-0.15, -0.1) is 0 Å². The van der Waals surface area contributed by atoms with Crippen LogP contribution in [0.5, 0.6) is 5.75 Å². The summed E-state index contributed by atoms with van der Waals surface area (Å²) in [5, 5.41) is 0.